The Bertz CT molecular complexity index is 514. The third kappa shape index (κ3) is 3.40. The van der Waals surface area contributed by atoms with Crippen LogP contribution in [0.1, 0.15) is 32.3 Å². The highest BCUT2D eigenvalue weighted by Crippen LogP contribution is 2.31. The fraction of sp³-hybridized carbons (Fsp3) is 0.625. The van der Waals surface area contributed by atoms with E-state index < -0.39 is 10.8 Å². The van der Waals surface area contributed by atoms with Gasteiger partial charge in [0.25, 0.3) is 0 Å². The molecule has 0 spiro atoms. The number of hydrogen-bond donors (Lipinski definition) is 1. The molecule has 1 aliphatic heterocycles. The largest absolute Gasteiger partial charge is 0.504 e. The van der Waals surface area contributed by atoms with Gasteiger partial charge in [-0.1, -0.05) is 19.9 Å². The molecule has 0 saturated carbocycles. The fourth-order valence-electron chi connectivity index (χ4n) is 3.00. The van der Waals surface area contributed by atoms with Crippen molar-refractivity contribution in [3.05, 3.63) is 23.8 Å². The summed E-state index contributed by atoms with van der Waals surface area (Å²) in [6.07, 6.45) is 1.90. The third-order valence-corrected chi connectivity index (χ3v) is 6.75. The molecule has 1 unspecified atom stereocenters. The van der Waals surface area contributed by atoms with Gasteiger partial charge in [-0.25, -0.2) is 0 Å². The molecular formula is C16H25NO3S. The molecule has 1 heterocycles. The average molecular weight is 311 g/mol. The Kier molecular flexibility index (Phi) is 5.27. The second-order valence-corrected chi connectivity index (χ2v) is 7.62. The molecule has 1 aromatic carbocycles. The normalized spacial score (nSPS) is 22.1. The molecule has 1 N–H and O–H groups in total. The van der Waals surface area contributed by atoms with Crippen LogP contribution in [0.3, 0.4) is 0 Å². The Balaban J connectivity index is 2.11. The lowest BCUT2D eigenvalue weighted by atomic mass is 10.0. The maximum absolute atomic E-state index is 12.4. The van der Waals surface area contributed by atoms with Gasteiger partial charge in [-0.3, -0.25) is 9.11 Å². The standard InChI is InChI=1S/C16H25NO3S/c1-4-16(5-2)12-17(8-9-21(16)19)11-13-6-7-14(18)15(10-13)20-3/h6-7,10,18H,4-5,8-9,11-12H2,1-3H3. The lowest BCUT2D eigenvalue weighted by Crippen LogP contribution is -2.52. The van der Waals surface area contributed by atoms with Gasteiger partial charge in [0.05, 0.1) is 11.9 Å². The van der Waals surface area contributed by atoms with Gasteiger partial charge in [0.2, 0.25) is 0 Å². The molecule has 1 aliphatic rings. The number of ether oxygens (including phenoxy) is 1. The van der Waals surface area contributed by atoms with Crippen LogP contribution in [0.15, 0.2) is 18.2 Å². The van der Waals surface area contributed by atoms with Gasteiger partial charge in [0.1, 0.15) is 0 Å². The molecule has 2 rings (SSSR count). The molecule has 21 heavy (non-hydrogen) atoms. The maximum Gasteiger partial charge on any atom is 0.160 e. The van der Waals surface area contributed by atoms with E-state index in [1.54, 1.807) is 13.2 Å². The second-order valence-electron chi connectivity index (χ2n) is 5.66. The van der Waals surface area contributed by atoms with Crippen LogP contribution in [0.2, 0.25) is 0 Å². The van der Waals surface area contributed by atoms with Crippen molar-refractivity contribution < 1.29 is 14.1 Å². The van der Waals surface area contributed by atoms with Crippen LogP contribution in [0.4, 0.5) is 0 Å². The first-order valence-electron chi connectivity index (χ1n) is 7.51. The molecule has 1 atom stereocenters. The molecule has 118 valence electrons. The van der Waals surface area contributed by atoms with Crippen LogP contribution in [0.25, 0.3) is 0 Å². The second kappa shape index (κ2) is 6.79. The molecule has 0 radical (unpaired) electrons. The summed E-state index contributed by atoms with van der Waals surface area (Å²) in [5, 5.41) is 9.66. The molecule has 0 amide bonds. The summed E-state index contributed by atoms with van der Waals surface area (Å²) in [5.41, 5.74) is 1.11. The van der Waals surface area contributed by atoms with Gasteiger partial charge < -0.3 is 9.84 Å². The van der Waals surface area contributed by atoms with Crippen molar-refractivity contribution in [2.45, 2.75) is 38.0 Å². The summed E-state index contributed by atoms with van der Waals surface area (Å²) in [6, 6.07) is 5.46. The lowest BCUT2D eigenvalue weighted by Gasteiger charge is -2.41. The Hall–Kier alpha value is -1.07. The van der Waals surface area contributed by atoms with Crippen molar-refractivity contribution in [2.24, 2.45) is 0 Å². The van der Waals surface area contributed by atoms with E-state index in [-0.39, 0.29) is 10.5 Å². The zero-order valence-electron chi connectivity index (χ0n) is 13.1. The summed E-state index contributed by atoms with van der Waals surface area (Å²) < 4.78 is 17.4. The van der Waals surface area contributed by atoms with E-state index in [2.05, 4.69) is 18.7 Å². The monoisotopic (exact) mass is 311 g/mol. The SMILES string of the molecule is CCC1(CC)CN(Cc2ccc(O)c(OC)c2)CCS1=O. The summed E-state index contributed by atoms with van der Waals surface area (Å²) in [4.78, 5) is 2.36. The topological polar surface area (TPSA) is 49.8 Å². The zero-order chi connectivity index (χ0) is 15.5. The zero-order valence-corrected chi connectivity index (χ0v) is 13.9. The van der Waals surface area contributed by atoms with Crippen LogP contribution in [0.5, 0.6) is 11.5 Å². The molecule has 4 nitrogen and oxygen atoms in total. The van der Waals surface area contributed by atoms with E-state index in [1.807, 2.05) is 12.1 Å². The molecule has 1 saturated heterocycles. The number of nitrogens with zero attached hydrogens (tertiary/aromatic N) is 1. The highest BCUT2D eigenvalue weighted by molar-refractivity contribution is 7.86. The smallest absolute Gasteiger partial charge is 0.160 e. The van der Waals surface area contributed by atoms with Gasteiger partial charge in [-0.15, -0.1) is 0 Å². The molecule has 5 heteroatoms. The summed E-state index contributed by atoms with van der Waals surface area (Å²) >= 11 is 0. The Labute approximate surface area is 129 Å². The summed E-state index contributed by atoms with van der Waals surface area (Å²) in [6.45, 7) is 6.80. The first-order valence-corrected chi connectivity index (χ1v) is 8.83. The van der Waals surface area contributed by atoms with Crippen molar-refractivity contribution in [1.29, 1.82) is 0 Å². The molecule has 0 aromatic heterocycles. The van der Waals surface area contributed by atoms with Gasteiger partial charge >= 0.3 is 0 Å². The van der Waals surface area contributed by atoms with Crippen molar-refractivity contribution in [3.8, 4) is 11.5 Å². The number of rotatable bonds is 5. The molecule has 0 aliphatic carbocycles. The fourth-order valence-corrected chi connectivity index (χ4v) is 4.82. The molecule has 1 fully saturated rings. The third-order valence-electron chi connectivity index (χ3n) is 4.53. The maximum atomic E-state index is 12.4. The minimum Gasteiger partial charge on any atom is -0.504 e. The molecule has 1 aromatic rings. The number of phenolic OH excluding ortho intramolecular Hbond substituents is 1. The van der Waals surface area contributed by atoms with E-state index in [1.165, 1.54) is 0 Å². The predicted molar refractivity (Wildman–Crippen MR) is 86.3 cm³/mol. The van der Waals surface area contributed by atoms with Crippen molar-refractivity contribution in [3.63, 3.8) is 0 Å². The van der Waals surface area contributed by atoms with Gasteiger partial charge in [0.15, 0.2) is 11.5 Å². The molecular weight excluding hydrogens is 286 g/mol. The van der Waals surface area contributed by atoms with Gasteiger partial charge in [-0.05, 0) is 30.5 Å². The number of phenols is 1. The minimum absolute atomic E-state index is 0.0702. The van der Waals surface area contributed by atoms with Crippen molar-refractivity contribution in [1.82, 2.24) is 4.90 Å². The van der Waals surface area contributed by atoms with E-state index in [0.717, 1.165) is 43.8 Å². The van der Waals surface area contributed by atoms with Crippen molar-refractivity contribution >= 4 is 10.8 Å². The van der Waals surface area contributed by atoms with Crippen LogP contribution in [-0.4, -0.2) is 44.9 Å². The van der Waals surface area contributed by atoms with Gasteiger partial charge in [-0.2, -0.15) is 0 Å². The van der Waals surface area contributed by atoms with E-state index in [9.17, 15) is 9.32 Å². The van der Waals surface area contributed by atoms with Crippen LogP contribution >= 0.6 is 0 Å². The van der Waals surface area contributed by atoms with E-state index in [4.69, 9.17) is 4.74 Å². The summed E-state index contributed by atoms with van der Waals surface area (Å²) in [7, 11) is 0.826. The highest BCUT2D eigenvalue weighted by Gasteiger charge is 2.38. The number of benzene rings is 1. The Morgan fingerprint density at radius 1 is 1.38 bits per heavy atom. The quantitative estimate of drug-likeness (QED) is 0.908. The minimum atomic E-state index is -0.731. The number of methoxy groups -OCH3 is 1. The average Bonchev–Trinajstić information content (AvgIpc) is 2.51. The first kappa shape index (κ1) is 16.3. The van der Waals surface area contributed by atoms with Crippen LogP contribution in [-0.2, 0) is 17.3 Å². The highest BCUT2D eigenvalue weighted by atomic mass is 32.2. The summed E-state index contributed by atoms with van der Waals surface area (Å²) in [5.74, 6) is 1.42. The first-order chi connectivity index (χ1) is 10.0. The lowest BCUT2D eigenvalue weighted by molar-refractivity contribution is 0.227. The van der Waals surface area contributed by atoms with Gasteiger partial charge in [0, 0.05) is 36.2 Å². The van der Waals surface area contributed by atoms with Crippen LogP contribution in [0, 0.1) is 0 Å². The molecule has 0 bridgehead atoms. The predicted octanol–water partition coefficient (Wildman–Crippen LogP) is 2.52. The Morgan fingerprint density at radius 2 is 2.10 bits per heavy atom. The number of hydrogen-bond acceptors (Lipinski definition) is 4. The van der Waals surface area contributed by atoms with Crippen LogP contribution < -0.4 is 4.74 Å². The van der Waals surface area contributed by atoms with Crippen molar-refractivity contribution in [2.75, 3.05) is 26.0 Å². The Morgan fingerprint density at radius 3 is 2.71 bits per heavy atom. The van der Waals surface area contributed by atoms with E-state index in [0.29, 0.717) is 5.75 Å². The van der Waals surface area contributed by atoms with E-state index >= 15 is 0 Å². The number of aromatic hydroxyl groups is 1.